The molecule has 0 aromatic heterocycles. The zero-order valence-corrected chi connectivity index (χ0v) is 20.4. The highest BCUT2D eigenvalue weighted by atomic mass is 79.9. The van der Waals surface area contributed by atoms with Crippen molar-refractivity contribution in [3.05, 3.63) is 91.9 Å². The van der Waals surface area contributed by atoms with E-state index in [0.717, 1.165) is 5.56 Å². The first-order valence-corrected chi connectivity index (χ1v) is 11.0. The molecule has 3 aromatic carbocycles. The van der Waals surface area contributed by atoms with Gasteiger partial charge in [-0.1, -0.05) is 17.7 Å². The Morgan fingerprint density at radius 3 is 2.43 bits per heavy atom. The van der Waals surface area contributed by atoms with Gasteiger partial charge in [-0.25, -0.2) is 5.43 Å². The molecule has 0 aliphatic heterocycles. The van der Waals surface area contributed by atoms with Gasteiger partial charge in [0.1, 0.15) is 0 Å². The Kier molecular flexibility index (Phi) is 8.52. The smallest absolute Gasteiger partial charge is 0.271 e. The number of nitro benzene ring substituents is 1. The van der Waals surface area contributed by atoms with Gasteiger partial charge in [0, 0.05) is 23.4 Å². The van der Waals surface area contributed by atoms with E-state index in [1.165, 1.54) is 37.6 Å². The normalized spacial score (nSPS) is 10.6. The van der Waals surface area contributed by atoms with E-state index in [-0.39, 0.29) is 23.8 Å². The molecule has 0 heterocycles. The summed E-state index contributed by atoms with van der Waals surface area (Å²) in [7, 11) is 1.46. The molecule has 2 N–H and O–H groups in total. The number of benzene rings is 3. The molecule has 0 radical (unpaired) electrons. The van der Waals surface area contributed by atoms with E-state index in [1.54, 1.807) is 24.3 Å². The van der Waals surface area contributed by atoms with E-state index < -0.39 is 10.8 Å². The lowest BCUT2D eigenvalue weighted by atomic mass is 10.2. The van der Waals surface area contributed by atoms with E-state index in [1.807, 2.05) is 19.1 Å². The van der Waals surface area contributed by atoms with Crippen molar-refractivity contribution >= 4 is 45.3 Å². The van der Waals surface area contributed by atoms with Crippen LogP contribution in [0, 0.1) is 17.0 Å². The highest BCUT2D eigenvalue weighted by Gasteiger charge is 2.14. The summed E-state index contributed by atoms with van der Waals surface area (Å²) in [6, 6.07) is 15.8. The van der Waals surface area contributed by atoms with Crippen molar-refractivity contribution in [3.8, 4) is 11.5 Å². The fourth-order valence-corrected chi connectivity index (χ4v) is 3.46. The Morgan fingerprint density at radius 1 is 1.11 bits per heavy atom. The number of hydrazone groups is 1. The van der Waals surface area contributed by atoms with E-state index in [0.29, 0.717) is 27.2 Å². The highest BCUT2D eigenvalue weighted by Crippen LogP contribution is 2.36. The Labute approximate surface area is 209 Å². The minimum atomic E-state index is -0.547. The number of nitro groups is 1. The summed E-state index contributed by atoms with van der Waals surface area (Å²) in [5.74, 6) is -0.173. The fraction of sp³-hybridized carbons (Fsp3) is 0.125. The van der Waals surface area contributed by atoms with Gasteiger partial charge in [0.15, 0.2) is 18.1 Å². The molecule has 0 bridgehead atoms. The van der Waals surface area contributed by atoms with E-state index in [4.69, 9.17) is 9.47 Å². The van der Waals surface area contributed by atoms with Gasteiger partial charge in [-0.2, -0.15) is 5.10 Å². The number of methoxy groups -OCH3 is 1. The molecule has 0 saturated heterocycles. The minimum Gasteiger partial charge on any atom is -0.493 e. The number of nitrogens with one attached hydrogen (secondary N) is 2. The number of aryl methyl sites for hydroxylation is 1. The quantitative estimate of drug-likeness (QED) is 0.234. The Hall–Kier alpha value is -4.25. The van der Waals surface area contributed by atoms with Crippen LogP contribution in [0.25, 0.3) is 0 Å². The lowest BCUT2D eigenvalue weighted by molar-refractivity contribution is -0.384. The molecule has 3 aromatic rings. The lowest BCUT2D eigenvalue weighted by Gasteiger charge is -2.13. The van der Waals surface area contributed by atoms with Gasteiger partial charge in [0.25, 0.3) is 17.5 Å². The molecular weight excluding hydrogens is 520 g/mol. The van der Waals surface area contributed by atoms with E-state index in [2.05, 4.69) is 31.8 Å². The zero-order chi connectivity index (χ0) is 25.4. The average Bonchev–Trinajstić information content (AvgIpc) is 2.84. The van der Waals surface area contributed by atoms with Gasteiger partial charge in [-0.3, -0.25) is 19.7 Å². The van der Waals surface area contributed by atoms with Gasteiger partial charge in [0.05, 0.1) is 22.7 Å². The first kappa shape index (κ1) is 25.4. The molecule has 0 fully saturated rings. The Balaban J connectivity index is 1.61. The number of nitrogens with zero attached hydrogens (tertiary/aromatic N) is 2. The molecule has 2 amide bonds. The number of amides is 2. The number of halogens is 1. The van der Waals surface area contributed by atoms with Crippen molar-refractivity contribution in [2.24, 2.45) is 5.10 Å². The molecule has 0 unspecified atom stereocenters. The van der Waals surface area contributed by atoms with Crippen LogP contribution >= 0.6 is 15.9 Å². The largest absolute Gasteiger partial charge is 0.493 e. The predicted molar refractivity (Wildman–Crippen MR) is 134 cm³/mol. The summed E-state index contributed by atoms with van der Waals surface area (Å²) in [5, 5.41) is 17.4. The van der Waals surface area contributed by atoms with Crippen LogP contribution in [0.5, 0.6) is 11.5 Å². The third-order valence-electron chi connectivity index (χ3n) is 4.65. The molecule has 0 spiro atoms. The summed E-state index contributed by atoms with van der Waals surface area (Å²) in [6.45, 7) is 1.72. The molecule has 0 aliphatic rings. The second-order valence-corrected chi connectivity index (χ2v) is 8.09. The Bertz CT molecular complexity index is 1260. The van der Waals surface area contributed by atoms with Crippen LogP contribution in [0.4, 0.5) is 11.4 Å². The molecule has 180 valence electrons. The molecule has 35 heavy (non-hydrogen) atoms. The SMILES string of the molecule is COc1cc(/C=N/NC(=O)c2ccc([N+](=O)[O-])cc2)cc(Br)c1OCC(=O)Nc1ccc(C)cc1. The number of ether oxygens (including phenoxy) is 2. The van der Waals surface area contributed by atoms with Crippen LogP contribution < -0.4 is 20.2 Å². The molecule has 3 rings (SSSR count). The number of hydrogen-bond acceptors (Lipinski definition) is 7. The fourth-order valence-electron chi connectivity index (χ4n) is 2.89. The summed E-state index contributed by atoms with van der Waals surface area (Å²) >= 11 is 3.40. The van der Waals surface area contributed by atoms with Crippen molar-refractivity contribution in [1.82, 2.24) is 5.43 Å². The van der Waals surface area contributed by atoms with Gasteiger partial charge in [-0.05, 0) is 64.8 Å². The van der Waals surface area contributed by atoms with Gasteiger partial charge in [-0.15, -0.1) is 0 Å². The monoisotopic (exact) mass is 540 g/mol. The minimum absolute atomic E-state index is 0.114. The van der Waals surface area contributed by atoms with Crippen LogP contribution in [0.1, 0.15) is 21.5 Å². The molecule has 11 heteroatoms. The van der Waals surface area contributed by atoms with Crippen LogP contribution in [-0.2, 0) is 4.79 Å². The van der Waals surface area contributed by atoms with Crippen molar-refractivity contribution in [2.45, 2.75) is 6.92 Å². The Morgan fingerprint density at radius 2 is 1.80 bits per heavy atom. The standard InChI is InChI=1S/C24H21BrN4O6/c1-15-3-7-18(8-4-15)27-22(30)14-35-23-20(25)11-16(12-21(23)34-2)13-26-28-24(31)17-5-9-19(10-6-17)29(32)33/h3-13H,14H2,1-2H3,(H,27,30)(H,28,31)/b26-13+. The van der Waals surface area contributed by atoms with Crippen molar-refractivity contribution < 1.29 is 24.0 Å². The summed E-state index contributed by atoms with van der Waals surface area (Å²) in [6.07, 6.45) is 1.39. The van der Waals surface area contributed by atoms with Gasteiger partial charge < -0.3 is 14.8 Å². The van der Waals surface area contributed by atoms with E-state index >= 15 is 0 Å². The van der Waals surface area contributed by atoms with Crippen LogP contribution in [-0.4, -0.2) is 36.7 Å². The summed E-state index contributed by atoms with van der Waals surface area (Å²) < 4.78 is 11.5. The van der Waals surface area contributed by atoms with Crippen LogP contribution in [0.2, 0.25) is 0 Å². The first-order chi connectivity index (χ1) is 16.8. The zero-order valence-electron chi connectivity index (χ0n) is 18.8. The predicted octanol–water partition coefficient (Wildman–Crippen LogP) is 4.46. The molecular formula is C24H21BrN4O6. The highest BCUT2D eigenvalue weighted by molar-refractivity contribution is 9.10. The second kappa shape index (κ2) is 11.7. The number of carbonyl (C=O) groups excluding carboxylic acids is 2. The van der Waals surface area contributed by atoms with Crippen LogP contribution in [0.15, 0.2) is 70.2 Å². The number of anilines is 1. The maximum absolute atomic E-state index is 12.2. The topological polar surface area (TPSA) is 132 Å². The third kappa shape index (κ3) is 7.11. The molecule has 0 atom stereocenters. The maximum atomic E-state index is 12.2. The van der Waals surface area contributed by atoms with Crippen molar-refractivity contribution in [2.75, 3.05) is 19.0 Å². The number of carbonyl (C=O) groups is 2. The maximum Gasteiger partial charge on any atom is 0.271 e. The average molecular weight is 541 g/mol. The lowest BCUT2D eigenvalue weighted by Crippen LogP contribution is -2.20. The van der Waals surface area contributed by atoms with Crippen LogP contribution in [0.3, 0.4) is 0 Å². The van der Waals surface area contributed by atoms with Crippen molar-refractivity contribution in [3.63, 3.8) is 0 Å². The number of non-ortho nitro benzene ring substituents is 1. The molecule has 10 nitrogen and oxygen atoms in total. The third-order valence-corrected chi connectivity index (χ3v) is 5.24. The van der Waals surface area contributed by atoms with E-state index in [9.17, 15) is 19.7 Å². The number of rotatable bonds is 9. The summed E-state index contributed by atoms with van der Waals surface area (Å²) in [4.78, 5) is 34.6. The number of hydrogen-bond donors (Lipinski definition) is 2. The van der Waals surface area contributed by atoms with Crippen molar-refractivity contribution in [1.29, 1.82) is 0 Å². The van der Waals surface area contributed by atoms with Gasteiger partial charge in [0.2, 0.25) is 0 Å². The molecule has 0 saturated carbocycles. The van der Waals surface area contributed by atoms with Gasteiger partial charge >= 0.3 is 0 Å². The molecule has 0 aliphatic carbocycles. The summed E-state index contributed by atoms with van der Waals surface area (Å²) in [5.41, 5.74) is 4.79. The first-order valence-electron chi connectivity index (χ1n) is 10.2. The second-order valence-electron chi connectivity index (χ2n) is 7.24.